The molecular formula is C25H45NO6. The van der Waals surface area contributed by atoms with E-state index < -0.39 is 0 Å². The minimum atomic E-state index is -0.283. The highest BCUT2D eigenvalue weighted by molar-refractivity contribution is 6.12. The van der Waals surface area contributed by atoms with Crippen molar-refractivity contribution in [1.29, 1.82) is 0 Å². The van der Waals surface area contributed by atoms with Gasteiger partial charge in [0.1, 0.15) is 0 Å². The van der Waals surface area contributed by atoms with Crippen LogP contribution in [0.2, 0.25) is 0 Å². The minimum absolute atomic E-state index is 0.271. The third-order valence-corrected chi connectivity index (χ3v) is 5.37. The molecule has 0 bridgehead atoms. The molecule has 186 valence electrons. The maximum absolute atomic E-state index is 11.4. The van der Waals surface area contributed by atoms with Crippen LogP contribution in [0.1, 0.15) is 77.6 Å². The molecule has 0 fully saturated rings. The smallest absolute Gasteiger partial charge is 0.253 e. The van der Waals surface area contributed by atoms with Gasteiger partial charge in [0.2, 0.25) is 0 Å². The Morgan fingerprint density at radius 1 is 0.531 bits per heavy atom. The molecule has 0 atom stereocenters. The van der Waals surface area contributed by atoms with Crippen LogP contribution >= 0.6 is 0 Å². The van der Waals surface area contributed by atoms with E-state index in [4.69, 9.17) is 18.9 Å². The predicted octanol–water partition coefficient (Wildman–Crippen LogP) is 4.29. The first kappa shape index (κ1) is 28.8. The molecule has 0 aromatic carbocycles. The normalized spacial score (nSPS) is 13.6. The van der Waals surface area contributed by atoms with Gasteiger partial charge in [-0.3, -0.25) is 14.5 Å². The van der Waals surface area contributed by atoms with E-state index in [-0.39, 0.29) is 18.4 Å². The average molecular weight is 456 g/mol. The van der Waals surface area contributed by atoms with Gasteiger partial charge in [-0.1, -0.05) is 71.1 Å². The fourth-order valence-electron chi connectivity index (χ4n) is 3.44. The van der Waals surface area contributed by atoms with Crippen LogP contribution in [0, 0.1) is 0 Å². The zero-order valence-electron chi connectivity index (χ0n) is 20.2. The first-order chi connectivity index (χ1) is 15.8. The Balaban J connectivity index is 1.67. The molecule has 1 heterocycles. The van der Waals surface area contributed by atoms with E-state index in [1.165, 1.54) is 76.4 Å². The van der Waals surface area contributed by atoms with Crippen molar-refractivity contribution >= 4 is 11.8 Å². The molecule has 1 aliphatic heterocycles. The second-order valence-corrected chi connectivity index (χ2v) is 8.15. The summed E-state index contributed by atoms with van der Waals surface area (Å²) < 4.78 is 21.9. The summed E-state index contributed by atoms with van der Waals surface area (Å²) >= 11 is 0. The Kier molecular flexibility index (Phi) is 19.4. The number of carbonyl (C=O) groups is 2. The summed E-state index contributed by atoms with van der Waals surface area (Å²) in [5.41, 5.74) is 0. The quantitative estimate of drug-likeness (QED) is 0.160. The molecule has 7 nitrogen and oxygen atoms in total. The zero-order valence-corrected chi connectivity index (χ0v) is 20.2. The van der Waals surface area contributed by atoms with E-state index in [1.54, 1.807) is 0 Å². The number of carbonyl (C=O) groups excluding carboxylic acids is 2. The highest BCUT2D eigenvalue weighted by atomic mass is 16.6. The first-order valence-corrected chi connectivity index (χ1v) is 12.6. The number of amides is 2. The Bertz CT molecular complexity index is 479. The molecule has 1 rings (SSSR count). The molecule has 0 aromatic rings. The third-order valence-electron chi connectivity index (χ3n) is 5.37. The number of unbranched alkanes of at least 4 members (excludes halogenated alkanes) is 10. The van der Waals surface area contributed by atoms with Crippen LogP contribution in [0.15, 0.2) is 12.2 Å². The van der Waals surface area contributed by atoms with Gasteiger partial charge in [-0.15, -0.1) is 0 Å². The Hall–Kier alpha value is -1.28. The Morgan fingerprint density at radius 3 is 1.38 bits per heavy atom. The number of nitrogens with zero attached hydrogens (tertiary/aromatic N) is 1. The fraction of sp³-hybridized carbons (Fsp3) is 0.840. The second-order valence-electron chi connectivity index (χ2n) is 8.15. The van der Waals surface area contributed by atoms with Gasteiger partial charge in [0.25, 0.3) is 11.8 Å². The van der Waals surface area contributed by atoms with Crippen LogP contribution in [0.5, 0.6) is 0 Å². The summed E-state index contributed by atoms with van der Waals surface area (Å²) in [6.45, 7) is 6.81. The van der Waals surface area contributed by atoms with E-state index in [2.05, 4.69) is 6.92 Å². The van der Waals surface area contributed by atoms with Crippen molar-refractivity contribution in [3.63, 3.8) is 0 Å². The SMILES string of the molecule is CCCCCCCCCCCCCOCCOCCOCCOCCN1C(=O)C=CC1=O. The largest absolute Gasteiger partial charge is 0.379 e. The van der Waals surface area contributed by atoms with Crippen LogP contribution in [-0.4, -0.2) is 76.1 Å². The molecule has 1 aliphatic rings. The fourth-order valence-corrected chi connectivity index (χ4v) is 3.44. The summed E-state index contributed by atoms with van der Waals surface area (Å²) in [6.07, 6.45) is 17.3. The van der Waals surface area contributed by atoms with E-state index in [9.17, 15) is 9.59 Å². The number of imide groups is 1. The molecule has 32 heavy (non-hydrogen) atoms. The van der Waals surface area contributed by atoms with Gasteiger partial charge in [0.05, 0.1) is 52.8 Å². The lowest BCUT2D eigenvalue weighted by molar-refractivity contribution is -0.137. The van der Waals surface area contributed by atoms with Gasteiger partial charge in [-0.25, -0.2) is 0 Å². The molecule has 7 heteroatoms. The molecule has 0 aromatic heterocycles. The summed E-state index contributed by atoms with van der Waals surface area (Å²) in [5.74, 6) is -0.565. The zero-order chi connectivity index (χ0) is 23.1. The maximum Gasteiger partial charge on any atom is 0.253 e. The van der Waals surface area contributed by atoms with Crippen LogP contribution in [0.3, 0.4) is 0 Å². The minimum Gasteiger partial charge on any atom is -0.379 e. The van der Waals surface area contributed by atoms with Gasteiger partial charge in [0, 0.05) is 18.8 Å². The van der Waals surface area contributed by atoms with Gasteiger partial charge in [0.15, 0.2) is 0 Å². The van der Waals surface area contributed by atoms with Crippen LogP contribution in [-0.2, 0) is 28.5 Å². The van der Waals surface area contributed by atoms with Crippen molar-refractivity contribution in [2.24, 2.45) is 0 Å². The van der Waals surface area contributed by atoms with Gasteiger partial charge in [-0.05, 0) is 6.42 Å². The Labute approximate surface area is 194 Å². The summed E-state index contributed by atoms with van der Waals surface area (Å²) in [4.78, 5) is 23.9. The van der Waals surface area contributed by atoms with Crippen molar-refractivity contribution in [1.82, 2.24) is 4.90 Å². The topological polar surface area (TPSA) is 74.3 Å². The molecule has 0 saturated carbocycles. The summed E-state index contributed by atoms with van der Waals surface area (Å²) in [6, 6.07) is 0. The summed E-state index contributed by atoms with van der Waals surface area (Å²) in [7, 11) is 0. The molecule has 0 unspecified atom stereocenters. The van der Waals surface area contributed by atoms with Gasteiger partial charge >= 0.3 is 0 Å². The summed E-state index contributed by atoms with van der Waals surface area (Å²) in [5, 5.41) is 0. The predicted molar refractivity (Wildman–Crippen MR) is 126 cm³/mol. The maximum atomic E-state index is 11.4. The number of ether oxygens (including phenoxy) is 4. The average Bonchev–Trinajstić information content (AvgIpc) is 3.11. The van der Waals surface area contributed by atoms with Gasteiger partial charge in [-0.2, -0.15) is 0 Å². The van der Waals surface area contributed by atoms with Crippen molar-refractivity contribution in [2.45, 2.75) is 77.6 Å². The highest BCUT2D eigenvalue weighted by Gasteiger charge is 2.22. The third kappa shape index (κ3) is 16.4. The standard InChI is InChI=1S/C25H45NO6/c1-2-3-4-5-6-7-8-9-10-11-12-16-29-18-20-31-22-23-32-21-19-30-17-15-26-24(27)13-14-25(26)28/h13-14H,2-12,15-23H2,1H3. The van der Waals surface area contributed by atoms with Crippen LogP contribution < -0.4 is 0 Å². The lowest BCUT2D eigenvalue weighted by Gasteiger charge is -2.13. The first-order valence-electron chi connectivity index (χ1n) is 12.6. The monoisotopic (exact) mass is 455 g/mol. The van der Waals surface area contributed by atoms with E-state index >= 15 is 0 Å². The van der Waals surface area contributed by atoms with Crippen molar-refractivity contribution in [3.05, 3.63) is 12.2 Å². The van der Waals surface area contributed by atoms with Crippen LogP contribution in [0.4, 0.5) is 0 Å². The highest BCUT2D eigenvalue weighted by Crippen LogP contribution is 2.11. The molecule has 0 N–H and O–H groups in total. The van der Waals surface area contributed by atoms with E-state index in [0.29, 0.717) is 46.2 Å². The van der Waals surface area contributed by atoms with Crippen molar-refractivity contribution in [2.75, 3.05) is 59.4 Å². The van der Waals surface area contributed by atoms with E-state index in [0.717, 1.165) is 17.9 Å². The molecule has 0 spiro atoms. The van der Waals surface area contributed by atoms with Gasteiger partial charge < -0.3 is 18.9 Å². The lowest BCUT2D eigenvalue weighted by Crippen LogP contribution is -2.33. The van der Waals surface area contributed by atoms with E-state index in [1.807, 2.05) is 0 Å². The molecular weight excluding hydrogens is 410 g/mol. The number of hydrogen-bond acceptors (Lipinski definition) is 6. The molecule has 0 radical (unpaired) electrons. The van der Waals surface area contributed by atoms with Crippen molar-refractivity contribution < 1.29 is 28.5 Å². The second kappa shape index (κ2) is 21.6. The molecule has 0 saturated heterocycles. The number of hydrogen-bond donors (Lipinski definition) is 0. The molecule has 0 aliphatic carbocycles. The van der Waals surface area contributed by atoms with Crippen molar-refractivity contribution in [3.8, 4) is 0 Å². The number of rotatable bonds is 24. The lowest BCUT2D eigenvalue weighted by atomic mass is 10.1. The molecule has 2 amide bonds. The van der Waals surface area contributed by atoms with Crippen LogP contribution in [0.25, 0.3) is 0 Å². The Morgan fingerprint density at radius 2 is 0.906 bits per heavy atom.